The predicted molar refractivity (Wildman–Crippen MR) is 88.5 cm³/mol. The summed E-state index contributed by atoms with van der Waals surface area (Å²) in [5.74, 6) is 0.400. The minimum absolute atomic E-state index is 0.00532. The first-order valence-electron chi connectivity index (χ1n) is 7.50. The van der Waals surface area contributed by atoms with E-state index in [0.29, 0.717) is 35.8 Å². The highest BCUT2D eigenvalue weighted by atomic mass is 16.5. The zero-order valence-electron chi connectivity index (χ0n) is 12.9. The Hall–Kier alpha value is -3.29. The van der Waals surface area contributed by atoms with Gasteiger partial charge in [-0.15, -0.1) is 0 Å². The van der Waals surface area contributed by atoms with E-state index in [1.54, 1.807) is 6.20 Å². The first kappa shape index (κ1) is 14.3. The predicted octanol–water partition coefficient (Wildman–Crippen LogP) is 1.56. The molecule has 0 atom stereocenters. The summed E-state index contributed by atoms with van der Waals surface area (Å²) >= 11 is 0. The lowest BCUT2D eigenvalue weighted by Gasteiger charge is -2.08. The standard InChI is InChI=1S/C16H14N6O2/c1-2-24-15-13-14(21-16(17)22-15)18-7-11(20-13)8-3-4-10-9(5-8)6-12(23)19-10/h3-5,7H,2,6H2,1H3,(H,19,23)(H2,17,18,21,22). The van der Waals surface area contributed by atoms with Crippen LogP contribution in [0.1, 0.15) is 12.5 Å². The molecule has 4 rings (SSSR count). The molecule has 120 valence electrons. The van der Waals surface area contributed by atoms with Crippen molar-refractivity contribution in [3.05, 3.63) is 30.0 Å². The van der Waals surface area contributed by atoms with Crippen molar-refractivity contribution < 1.29 is 9.53 Å². The van der Waals surface area contributed by atoms with Gasteiger partial charge in [-0.25, -0.2) is 9.97 Å². The molecule has 0 aliphatic carbocycles. The first-order valence-corrected chi connectivity index (χ1v) is 7.50. The molecule has 1 aliphatic heterocycles. The zero-order valence-corrected chi connectivity index (χ0v) is 12.9. The fourth-order valence-electron chi connectivity index (χ4n) is 2.66. The van der Waals surface area contributed by atoms with Gasteiger partial charge in [0.25, 0.3) is 0 Å². The van der Waals surface area contributed by atoms with Gasteiger partial charge in [0, 0.05) is 11.3 Å². The Balaban J connectivity index is 1.83. The highest BCUT2D eigenvalue weighted by Crippen LogP contribution is 2.29. The summed E-state index contributed by atoms with van der Waals surface area (Å²) in [7, 11) is 0. The van der Waals surface area contributed by atoms with Crippen LogP contribution in [0.5, 0.6) is 5.88 Å². The molecule has 1 amide bonds. The molecule has 1 aromatic carbocycles. The summed E-state index contributed by atoms with van der Waals surface area (Å²) in [6.45, 7) is 2.29. The molecule has 2 aromatic heterocycles. The monoisotopic (exact) mass is 322 g/mol. The van der Waals surface area contributed by atoms with Gasteiger partial charge in [-0.2, -0.15) is 9.97 Å². The van der Waals surface area contributed by atoms with Crippen molar-refractivity contribution >= 4 is 28.7 Å². The molecule has 3 aromatic rings. The number of anilines is 2. The maximum absolute atomic E-state index is 11.5. The van der Waals surface area contributed by atoms with E-state index in [2.05, 4.69) is 25.3 Å². The van der Waals surface area contributed by atoms with Gasteiger partial charge in [-0.1, -0.05) is 6.07 Å². The highest BCUT2D eigenvalue weighted by Gasteiger charge is 2.19. The number of hydrogen-bond donors (Lipinski definition) is 2. The van der Waals surface area contributed by atoms with E-state index in [0.717, 1.165) is 16.8 Å². The number of carbonyl (C=O) groups is 1. The lowest BCUT2D eigenvalue weighted by molar-refractivity contribution is -0.115. The van der Waals surface area contributed by atoms with E-state index in [9.17, 15) is 4.79 Å². The fourth-order valence-corrected chi connectivity index (χ4v) is 2.66. The minimum Gasteiger partial charge on any atom is -0.476 e. The summed E-state index contributed by atoms with van der Waals surface area (Å²) in [5.41, 5.74) is 9.80. The summed E-state index contributed by atoms with van der Waals surface area (Å²) < 4.78 is 5.49. The second-order valence-electron chi connectivity index (χ2n) is 5.34. The topological polar surface area (TPSA) is 116 Å². The molecule has 0 saturated carbocycles. The van der Waals surface area contributed by atoms with Crippen LogP contribution in [0.2, 0.25) is 0 Å². The molecule has 0 radical (unpaired) electrons. The second kappa shape index (κ2) is 5.41. The third kappa shape index (κ3) is 2.37. The number of aromatic nitrogens is 4. The van der Waals surface area contributed by atoms with Crippen LogP contribution in [0.15, 0.2) is 24.4 Å². The van der Waals surface area contributed by atoms with Gasteiger partial charge < -0.3 is 15.8 Å². The van der Waals surface area contributed by atoms with Crippen molar-refractivity contribution in [1.82, 2.24) is 19.9 Å². The third-order valence-corrected chi connectivity index (χ3v) is 3.70. The van der Waals surface area contributed by atoms with Gasteiger partial charge in [0.05, 0.1) is 24.9 Å². The number of benzene rings is 1. The number of ether oxygens (including phenoxy) is 1. The van der Waals surface area contributed by atoms with E-state index in [4.69, 9.17) is 10.5 Å². The Morgan fingerprint density at radius 3 is 3.00 bits per heavy atom. The van der Waals surface area contributed by atoms with E-state index in [1.807, 2.05) is 25.1 Å². The maximum Gasteiger partial charge on any atom is 0.247 e. The summed E-state index contributed by atoms with van der Waals surface area (Å²) in [4.78, 5) is 28.5. The van der Waals surface area contributed by atoms with Crippen molar-refractivity contribution in [2.24, 2.45) is 0 Å². The number of nitrogen functional groups attached to an aromatic ring is 1. The Bertz CT molecular complexity index is 972. The zero-order chi connectivity index (χ0) is 16.7. The quantitative estimate of drug-likeness (QED) is 0.751. The fraction of sp³-hybridized carbons (Fsp3) is 0.188. The summed E-state index contributed by atoms with van der Waals surface area (Å²) in [6.07, 6.45) is 1.99. The minimum atomic E-state index is -0.00532. The molecule has 3 N–H and O–H groups in total. The Morgan fingerprint density at radius 2 is 2.17 bits per heavy atom. The number of nitrogens with two attached hydrogens (primary N) is 1. The van der Waals surface area contributed by atoms with Crippen LogP contribution >= 0.6 is 0 Å². The molecule has 8 nitrogen and oxygen atoms in total. The molecule has 0 saturated heterocycles. The molecule has 1 aliphatic rings. The van der Waals surface area contributed by atoms with Crippen LogP contribution in [0.4, 0.5) is 11.6 Å². The van der Waals surface area contributed by atoms with Crippen LogP contribution < -0.4 is 15.8 Å². The average molecular weight is 322 g/mol. The number of hydrogen-bond acceptors (Lipinski definition) is 7. The van der Waals surface area contributed by atoms with E-state index in [1.165, 1.54) is 0 Å². The number of nitrogens with one attached hydrogen (secondary N) is 1. The second-order valence-corrected chi connectivity index (χ2v) is 5.34. The lowest BCUT2D eigenvalue weighted by Crippen LogP contribution is -2.04. The molecule has 0 spiro atoms. The summed E-state index contributed by atoms with van der Waals surface area (Å²) in [5, 5.41) is 2.81. The van der Waals surface area contributed by atoms with Crippen LogP contribution in [0, 0.1) is 0 Å². The average Bonchev–Trinajstić information content (AvgIpc) is 2.94. The molecule has 0 bridgehead atoms. The SMILES string of the molecule is CCOc1nc(N)nc2ncc(-c3ccc4c(c3)CC(=O)N4)nc12. The van der Waals surface area contributed by atoms with Crippen LogP contribution in [-0.4, -0.2) is 32.4 Å². The summed E-state index contributed by atoms with van der Waals surface area (Å²) in [6, 6.07) is 5.69. The van der Waals surface area contributed by atoms with E-state index < -0.39 is 0 Å². The first-order chi connectivity index (χ1) is 11.6. The van der Waals surface area contributed by atoms with Gasteiger partial charge >= 0.3 is 0 Å². The van der Waals surface area contributed by atoms with Gasteiger partial charge in [-0.05, 0) is 24.6 Å². The van der Waals surface area contributed by atoms with Crippen LogP contribution in [-0.2, 0) is 11.2 Å². The van der Waals surface area contributed by atoms with Gasteiger partial charge in [0.2, 0.25) is 17.7 Å². The number of rotatable bonds is 3. The van der Waals surface area contributed by atoms with Crippen molar-refractivity contribution in [1.29, 1.82) is 0 Å². The van der Waals surface area contributed by atoms with Crippen molar-refractivity contribution in [3.63, 3.8) is 0 Å². The molecule has 0 unspecified atom stereocenters. The van der Waals surface area contributed by atoms with Crippen LogP contribution in [0.3, 0.4) is 0 Å². The Kier molecular flexibility index (Phi) is 3.23. The van der Waals surface area contributed by atoms with Crippen molar-refractivity contribution in [2.75, 3.05) is 17.7 Å². The largest absolute Gasteiger partial charge is 0.476 e. The maximum atomic E-state index is 11.5. The molecule has 0 fully saturated rings. The number of carbonyl (C=O) groups excluding carboxylic acids is 1. The van der Waals surface area contributed by atoms with Gasteiger partial charge in [-0.3, -0.25) is 4.79 Å². The lowest BCUT2D eigenvalue weighted by atomic mass is 10.1. The molecule has 8 heteroatoms. The number of amides is 1. The smallest absolute Gasteiger partial charge is 0.247 e. The van der Waals surface area contributed by atoms with Gasteiger partial charge in [0.15, 0.2) is 11.2 Å². The van der Waals surface area contributed by atoms with E-state index in [-0.39, 0.29) is 11.9 Å². The molecule has 3 heterocycles. The number of nitrogens with zero attached hydrogens (tertiary/aromatic N) is 4. The van der Waals surface area contributed by atoms with E-state index >= 15 is 0 Å². The van der Waals surface area contributed by atoms with Gasteiger partial charge in [0.1, 0.15) is 0 Å². The normalized spacial score (nSPS) is 13.0. The van der Waals surface area contributed by atoms with Crippen molar-refractivity contribution in [2.45, 2.75) is 13.3 Å². The molecular formula is C16H14N6O2. The molecule has 24 heavy (non-hydrogen) atoms. The Labute approximate surface area is 137 Å². The third-order valence-electron chi connectivity index (χ3n) is 3.70. The highest BCUT2D eigenvalue weighted by molar-refractivity contribution is 5.99. The van der Waals surface area contributed by atoms with Crippen LogP contribution in [0.25, 0.3) is 22.4 Å². The van der Waals surface area contributed by atoms with Crippen molar-refractivity contribution in [3.8, 4) is 17.1 Å². The Morgan fingerprint density at radius 1 is 1.29 bits per heavy atom. The number of fused-ring (bicyclic) bond motifs is 2. The molecular weight excluding hydrogens is 308 g/mol.